The van der Waals surface area contributed by atoms with Crippen molar-refractivity contribution in [3.63, 3.8) is 0 Å². The van der Waals surface area contributed by atoms with E-state index >= 15 is 4.39 Å². The molecule has 1 aliphatic carbocycles. The number of rotatable bonds is 2. The van der Waals surface area contributed by atoms with E-state index in [1.54, 1.807) is 11.5 Å². The zero-order valence-electron chi connectivity index (χ0n) is 22.7. The number of nitrogens with one attached hydrogen (secondary N) is 1. The summed E-state index contributed by atoms with van der Waals surface area (Å²) in [6.07, 6.45) is -1.31. The Balaban J connectivity index is 1.14. The van der Waals surface area contributed by atoms with Crippen LogP contribution in [0.5, 0.6) is 0 Å². The number of alkyl halides is 1. The third kappa shape index (κ3) is 5.40. The molecule has 1 saturated carbocycles. The van der Waals surface area contributed by atoms with E-state index in [9.17, 15) is 14.3 Å². The van der Waals surface area contributed by atoms with Crippen molar-refractivity contribution in [2.45, 2.75) is 44.0 Å². The number of hydrogen-bond acceptors (Lipinski definition) is 14. The molecule has 9 atom stereocenters. The maximum atomic E-state index is 16.0. The number of aryl methyl sites for hydroxylation is 1. The van der Waals surface area contributed by atoms with Crippen LogP contribution in [-0.4, -0.2) is 82.1 Å². The first-order chi connectivity index (χ1) is 20.9. The number of halogens is 1. The van der Waals surface area contributed by atoms with Crippen molar-refractivity contribution in [1.82, 2.24) is 39.0 Å². The normalized spacial score (nSPS) is 36.6. The number of nitrogens with zero attached hydrogens (tertiary/aromatic N) is 7. The predicted octanol–water partition coefficient (Wildman–Crippen LogP) is 1.97. The first-order valence-electron chi connectivity index (χ1n) is 13.3. The molecule has 17 nitrogen and oxygen atoms in total. The van der Waals surface area contributed by atoms with E-state index in [0.717, 1.165) is 0 Å². The summed E-state index contributed by atoms with van der Waals surface area (Å²) in [4.78, 5) is 46.5. The van der Waals surface area contributed by atoms with Gasteiger partial charge in [-0.2, -0.15) is 4.98 Å². The first-order valence-corrected chi connectivity index (χ1v) is 18.6. The molecule has 2 saturated heterocycles. The number of hydrogen-bond donors (Lipinski definition) is 4. The van der Waals surface area contributed by atoms with Crippen LogP contribution >= 0.6 is 25.8 Å². The minimum absolute atomic E-state index is 0.0761. The van der Waals surface area contributed by atoms with Crippen molar-refractivity contribution in [3.05, 3.63) is 35.0 Å². The van der Waals surface area contributed by atoms with Gasteiger partial charge in [-0.15, -0.1) is 0 Å². The van der Waals surface area contributed by atoms with Crippen LogP contribution in [-0.2, 0) is 39.2 Å². The van der Waals surface area contributed by atoms with E-state index in [1.807, 2.05) is 0 Å². The average molecular weight is 690 g/mol. The lowest BCUT2D eigenvalue weighted by atomic mass is 9.70. The van der Waals surface area contributed by atoms with E-state index in [-0.39, 0.29) is 48.2 Å². The first kappa shape index (κ1) is 30.3. The summed E-state index contributed by atoms with van der Waals surface area (Å²) in [7, 11) is 0. The van der Waals surface area contributed by atoms with Crippen molar-refractivity contribution in [2.24, 2.45) is 11.8 Å². The molecule has 4 aromatic rings. The Labute approximate surface area is 257 Å². The fourth-order valence-electron chi connectivity index (χ4n) is 5.82. The topological polar surface area (TPSA) is 217 Å². The van der Waals surface area contributed by atoms with Crippen LogP contribution in [0.4, 0.5) is 10.3 Å². The molecule has 3 aliphatic rings. The molecular formula is C22H26FN9O8P2S2. The Hall–Kier alpha value is -2.38. The summed E-state index contributed by atoms with van der Waals surface area (Å²) in [6, 6.07) is -0.321. The molecule has 0 radical (unpaired) electrons. The van der Waals surface area contributed by atoms with Crippen molar-refractivity contribution in [2.75, 3.05) is 25.6 Å². The van der Waals surface area contributed by atoms with Gasteiger partial charge in [-0.25, -0.2) is 28.9 Å². The number of thiol groups is 1. The second-order valence-corrected chi connectivity index (χ2v) is 16.4. The van der Waals surface area contributed by atoms with Crippen LogP contribution in [0, 0.1) is 18.8 Å². The fraction of sp³-hybridized carbons (Fsp3) is 0.545. The number of ether oxygens (including phenoxy) is 1. The molecule has 2 aliphatic heterocycles. The van der Waals surface area contributed by atoms with Crippen LogP contribution in [0.25, 0.3) is 22.3 Å². The molecule has 0 amide bonds. The van der Waals surface area contributed by atoms with Gasteiger partial charge in [0.05, 0.1) is 38.2 Å². The standard InChI is InChI=1S/C22H26FN9O8P2S2/c1-9-15-18(26-6-25-9)32(8-27-15)21-14(23)17-13(39-21)5-38-41(34,43)37-4-11-10(3-36-42(35,44)40-17)2-12(11)31-7-28-16-19(31)29-22(24)30-20(16)33/h6-8,10-14,17,21H,2-5H2,1H3,(H,34,43)(H,35,44)(H3,24,29,30,33)/t10-,11?,12-,13-,14+,17-,21-,41?,42?/m1/s1. The van der Waals surface area contributed by atoms with Gasteiger partial charge in [0.15, 0.2) is 29.2 Å². The number of fused-ring (bicyclic) bond motifs is 4. The Morgan fingerprint density at radius 3 is 2.68 bits per heavy atom. The van der Waals surface area contributed by atoms with Gasteiger partial charge in [-0.1, -0.05) is 12.2 Å². The Morgan fingerprint density at radius 2 is 1.86 bits per heavy atom. The zero-order chi connectivity index (χ0) is 31.0. The summed E-state index contributed by atoms with van der Waals surface area (Å²) in [5.41, 5.74) is 6.98. The van der Waals surface area contributed by atoms with Gasteiger partial charge in [0.1, 0.15) is 24.1 Å². The second kappa shape index (κ2) is 11.2. The Bertz CT molecular complexity index is 1910. The average Bonchev–Trinajstić information content (AvgIpc) is 3.63. The number of nitrogen functional groups attached to an aromatic ring is 1. The van der Waals surface area contributed by atoms with Crippen molar-refractivity contribution in [1.29, 1.82) is 0 Å². The number of H-pyrrole nitrogens is 1. The van der Waals surface area contributed by atoms with E-state index in [1.165, 1.54) is 23.5 Å². The highest BCUT2D eigenvalue weighted by Crippen LogP contribution is 2.59. The molecule has 3 fully saturated rings. The lowest BCUT2D eigenvalue weighted by Crippen LogP contribution is -2.43. The number of nitrogens with two attached hydrogens (primary N) is 1. The summed E-state index contributed by atoms with van der Waals surface area (Å²) < 4.78 is 61.0. The van der Waals surface area contributed by atoms with E-state index < -0.39 is 50.3 Å². The molecule has 22 heteroatoms. The molecule has 4 N–H and O–H groups in total. The van der Waals surface area contributed by atoms with E-state index in [4.69, 9.17) is 40.4 Å². The number of imidazole rings is 2. The smallest absolute Gasteiger partial charge is 0.369 e. The highest BCUT2D eigenvalue weighted by molar-refractivity contribution is 8.44. The maximum Gasteiger partial charge on any atom is 0.386 e. The molecule has 4 aromatic heterocycles. The van der Waals surface area contributed by atoms with Gasteiger partial charge in [-0.3, -0.25) is 18.9 Å². The van der Waals surface area contributed by atoms with Gasteiger partial charge in [0, 0.05) is 12.0 Å². The molecular weight excluding hydrogens is 663 g/mol. The Morgan fingerprint density at radius 1 is 1.11 bits per heavy atom. The van der Waals surface area contributed by atoms with Gasteiger partial charge < -0.3 is 33.5 Å². The summed E-state index contributed by atoms with van der Waals surface area (Å²) in [5, 5.41) is 0. The fourth-order valence-corrected chi connectivity index (χ4v) is 8.48. The van der Waals surface area contributed by atoms with Crippen LogP contribution < -0.4 is 11.3 Å². The molecule has 0 aromatic carbocycles. The van der Waals surface area contributed by atoms with Crippen LogP contribution in [0.15, 0.2) is 23.8 Å². The molecule has 7 rings (SSSR count). The molecule has 44 heavy (non-hydrogen) atoms. The molecule has 0 bridgehead atoms. The van der Waals surface area contributed by atoms with Crippen LogP contribution in [0.2, 0.25) is 0 Å². The predicted molar refractivity (Wildman–Crippen MR) is 158 cm³/mol. The third-order valence-corrected chi connectivity index (χ3v) is 11.3. The number of anilines is 1. The SMILES string of the molecule is Cc1ncnc2c1ncn2[C@@H]1O[C@@H]2COP(O)(=S)OCC3[C@@H](COP(=O)(S)O[C@H]2[C@@H]1F)C[C@H]3n1cnc2c(=O)[nH]c(N)nc21. The molecule has 236 valence electrons. The zero-order valence-corrected chi connectivity index (χ0v) is 26.2. The van der Waals surface area contributed by atoms with E-state index in [2.05, 4.69) is 42.2 Å². The highest BCUT2D eigenvalue weighted by Gasteiger charge is 2.52. The highest BCUT2D eigenvalue weighted by atomic mass is 32.7. The summed E-state index contributed by atoms with van der Waals surface area (Å²) in [5.74, 6) is -0.745. The van der Waals surface area contributed by atoms with Gasteiger partial charge in [0.25, 0.3) is 5.56 Å². The lowest BCUT2D eigenvalue weighted by molar-refractivity contribution is -0.0423. The monoisotopic (exact) mass is 689 g/mol. The minimum Gasteiger partial charge on any atom is -0.369 e. The number of aromatic nitrogens is 8. The Kier molecular flexibility index (Phi) is 7.67. The largest absolute Gasteiger partial charge is 0.386 e. The molecule has 3 unspecified atom stereocenters. The molecule has 6 heterocycles. The third-order valence-electron chi connectivity index (χ3n) is 8.07. The van der Waals surface area contributed by atoms with Crippen LogP contribution in [0.3, 0.4) is 0 Å². The van der Waals surface area contributed by atoms with Gasteiger partial charge >= 0.3 is 13.5 Å². The van der Waals surface area contributed by atoms with Crippen molar-refractivity contribution >= 4 is 65.8 Å². The quantitative estimate of drug-likeness (QED) is 0.175. The minimum atomic E-state index is -4.16. The lowest BCUT2D eigenvalue weighted by Gasteiger charge is -2.45. The molecule has 0 spiro atoms. The van der Waals surface area contributed by atoms with Gasteiger partial charge in [0.2, 0.25) is 5.95 Å². The second-order valence-electron chi connectivity index (χ2n) is 10.7. The van der Waals surface area contributed by atoms with Crippen molar-refractivity contribution in [3.8, 4) is 0 Å². The van der Waals surface area contributed by atoms with Crippen LogP contribution in [0.1, 0.15) is 24.4 Å². The number of aromatic amines is 1. The van der Waals surface area contributed by atoms with Crippen molar-refractivity contribution < 1.29 is 36.7 Å². The summed E-state index contributed by atoms with van der Waals surface area (Å²) >= 11 is 9.37. The van der Waals surface area contributed by atoms with Gasteiger partial charge in [-0.05, 0) is 31.1 Å². The van der Waals surface area contributed by atoms with E-state index in [0.29, 0.717) is 23.3 Å². The maximum absolute atomic E-state index is 16.0. The summed E-state index contributed by atoms with van der Waals surface area (Å²) in [6.45, 7) is -6.97.